The van der Waals surface area contributed by atoms with Crippen LogP contribution >= 0.6 is 0 Å². The molecule has 2 aromatic carbocycles. The number of anilines is 2. The Bertz CT molecular complexity index is 886. The number of nitrogens with zero attached hydrogens (tertiary/aromatic N) is 2. The minimum absolute atomic E-state index is 0.0748. The molecule has 0 bridgehead atoms. The van der Waals surface area contributed by atoms with Gasteiger partial charge >= 0.3 is 0 Å². The van der Waals surface area contributed by atoms with Gasteiger partial charge in [-0.2, -0.15) is 0 Å². The van der Waals surface area contributed by atoms with E-state index in [0.29, 0.717) is 11.7 Å². The predicted octanol–water partition coefficient (Wildman–Crippen LogP) is 5.09. The summed E-state index contributed by atoms with van der Waals surface area (Å²) in [4.78, 5) is 20.1. The van der Waals surface area contributed by atoms with E-state index in [1.807, 2.05) is 72.9 Å². The number of carbonyl (C=O) groups is 1. The lowest BCUT2D eigenvalue weighted by Crippen LogP contribution is -2.34. The number of amides is 1. The molecule has 1 aromatic heterocycles. The van der Waals surface area contributed by atoms with Crippen LogP contribution in [0.5, 0.6) is 0 Å². The van der Waals surface area contributed by atoms with Crippen LogP contribution in [-0.4, -0.2) is 24.0 Å². The molecule has 148 valence electrons. The van der Waals surface area contributed by atoms with Crippen LogP contribution in [0, 0.1) is 5.92 Å². The zero-order valence-electron chi connectivity index (χ0n) is 16.8. The Kier molecular flexibility index (Phi) is 5.89. The van der Waals surface area contributed by atoms with Crippen LogP contribution in [0.3, 0.4) is 0 Å². The van der Waals surface area contributed by atoms with Gasteiger partial charge in [-0.15, -0.1) is 0 Å². The van der Waals surface area contributed by atoms with Crippen LogP contribution in [0.2, 0.25) is 0 Å². The highest BCUT2D eigenvalue weighted by molar-refractivity contribution is 5.97. The molecule has 1 aliphatic rings. The van der Waals surface area contributed by atoms with E-state index in [2.05, 4.69) is 28.2 Å². The van der Waals surface area contributed by atoms with Crippen molar-refractivity contribution in [3.63, 3.8) is 0 Å². The Morgan fingerprint density at radius 1 is 1.00 bits per heavy atom. The van der Waals surface area contributed by atoms with E-state index in [4.69, 9.17) is 0 Å². The van der Waals surface area contributed by atoms with Crippen LogP contribution < -0.4 is 10.2 Å². The molecule has 2 heterocycles. The van der Waals surface area contributed by atoms with Gasteiger partial charge in [0, 0.05) is 13.1 Å². The average molecular weight is 386 g/mol. The maximum atomic E-state index is 13.2. The van der Waals surface area contributed by atoms with Crippen molar-refractivity contribution in [3.8, 4) is 0 Å². The van der Waals surface area contributed by atoms with E-state index in [1.54, 1.807) is 0 Å². The van der Waals surface area contributed by atoms with Gasteiger partial charge in [-0.25, -0.2) is 4.98 Å². The highest BCUT2D eigenvalue weighted by atomic mass is 16.1. The van der Waals surface area contributed by atoms with Gasteiger partial charge in [-0.3, -0.25) is 4.79 Å². The lowest BCUT2D eigenvalue weighted by Gasteiger charge is -2.32. The first-order valence-electron chi connectivity index (χ1n) is 10.3. The van der Waals surface area contributed by atoms with E-state index in [-0.39, 0.29) is 11.8 Å². The van der Waals surface area contributed by atoms with Crippen molar-refractivity contribution >= 4 is 17.4 Å². The second-order valence-electron chi connectivity index (χ2n) is 7.84. The fraction of sp³-hybridized carbons (Fsp3) is 0.280. The lowest BCUT2D eigenvalue weighted by molar-refractivity contribution is -0.116. The van der Waals surface area contributed by atoms with Crippen molar-refractivity contribution in [3.05, 3.63) is 90.1 Å². The maximum Gasteiger partial charge on any atom is 0.237 e. The Morgan fingerprint density at radius 3 is 2.21 bits per heavy atom. The Labute approximate surface area is 172 Å². The smallest absolute Gasteiger partial charge is 0.237 e. The summed E-state index contributed by atoms with van der Waals surface area (Å²) in [6, 6.07) is 23.7. The summed E-state index contributed by atoms with van der Waals surface area (Å²) in [5, 5.41) is 3.01. The number of benzene rings is 2. The summed E-state index contributed by atoms with van der Waals surface area (Å²) < 4.78 is 0. The van der Waals surface area contributed by atoms with Crippen molar-refractivity contribution in [2.24, 2.45) is 5.92 Å². The number of hydrogen-bond donors (Lipinski definition) is 1. The Hall–Kier alpha value is -3.14. The van der Waals surface area contributed by atoms with Gasteiger partial charge in [-0.1, -0.05) is 67.6 Å². The molecule has 0 saturated carbocycles. The molecule has 0 spiro atoms. The highest BCUT2D eigenvalue weighted by Gasteiger charge is 2.23. The van der Waals surface area contributed by atoms with Gasteiger partial charge in [0.2, 0.25) is 5.91 Å². The number of piperidine rings is 1. The first-order chi connectivity index (χ1) is 14.2. The van der Waals surface area contributed by atoms with Gasteiger partial charge in [0.1, 0.15) is 5.82 Å². The summed E-state index contributed by atoms with van der Waals surface area (Å²) in [6.45, 7) is 4.43. The first kappa shape index (κ1) is 19.2. The normalized spacial score (nSPS) is 16.6. The fourth-order valence-electron chi connectivity index (χ4n) is 4.06. The largest absolute Gasteiger partial charge is 0.370 e. The molecule has 29 heavy (non-hydrogen) atoms. The monoisotopic (exact) mass is 385 g/mol. The molecule has 1 unspecified atom stereocenters. The Balaban J connectivity index is 1.52. The van der Waals surface area contributed by atoms with E-state index in [9.17, 15) is 4.79 Å². The second kappa shape index (κ2) is 8.91. The third kappa shape index (κ3) is 4.65. The summed E-state index contributed by atoms with van der Waals surface area (Å²) >= 11 is 0. The molecule has 0 aliphatic carbocycles. The minimum atomic E-state index is -0.373. The van der Waals surface area contributed by atoms with Crippen LogP contribution in [0.15, 0.2) is 79.0 Å². The molecule has 1 N–H and O–H groups in total. The molecule has 0 radical (unpaired) electrons. The number of hydrogen-bond acceptors (Lipinski definition) is 3. The zero-order valence-corrected chi connectivity index (χ0v) is 16.8. The highest BCUT2D eigenvalue weighted by Crippen LogP contribution is 2.27. The number of rotatable bonds is 5. The molecule has 3 aromatic rings. The van der Waals surface area contributed by atoms with Gasteiger partial charge in [0.15, 0.2) is 0 Å². The van der Waals surface area contributed by atoms with E-state index in [1.165, 1.54) is 12.8 Å². The number of carbonyl (C=O) groups excluding carboxylic acids is 1. The van der Waals surface area contributed by atoms with E-state index in [0.717, 1.165) is 29.9 Å². The van der Waals surface area contributed by atoms with E-state index >= 15 is 0 Å². The summed E-state index contributed by atoms with van der Waals surface area (Å²) in [5.41, 5.74) is 3.06. The summed E-state index contributed by atoms with van der Waals surface area (Å²) in [7, 11) is 0. The third-order valence-corrected chi connectivity index (χ3v) is 5.55. The average Bonchev–Trinajstić information content (AvgIpc) is 2.76. The molecule has 4 rings (SSSR count). The van der Waals surface area contributed by atoms with Gasteiger partial charge in [-0.05, 0) is 42.0 Å². The molecule has 1 aliphatic heterocycles. The number of nitrogens with one attached hydrogen (secondary N) is 1. The van der Waals surface area contributed by atoms with Crippen LogP contribution in [0.25, 0.3) is 0 Å². The van der Waals surface area contributed by atoms with Crippen molar-refractivity contribution in [2.75, 3.05) is 23.3 Å². The predicted molar refractivity (Wildman–Crippen MR) is 118 cm³/mol. The molecule has 4 heteroatoms. The van der Waals surface area contributed by atoms with E-state index < -0.39 is 0 Å². The molecule has 1 amide bonds. The zero-order chi connectivity index (χ0) is 20.1. The van der Waals surface area contributed by atoms with Gasteiger partial charge in [0.25, 0.3) is 0 Å². The van der Waals surface area contributed by atoms with Gasteiger partial charge < -0.3 is 10.2 Å². The van der Waals surface area contributed by atoms with Crippen LogP contribution in [0.4, 0.5) is 11.5 Å². The molecular formula is C25H27N3O. The quantitative estimate of drug-likeness (QED) is 0.665. The van der Waals surface area contributed by atoms with Crippen molar-refractivity contribution in [1.29, 1.82) is 0 Å². The topological polar surface area (TPSA) is 45.2 Å². The first-order valence-corrected chi connectivity index (χ1v) is 10.3. The molecule has 1 atom stereocenters. The minimum Gasteiger partial charge on any atom is -0.370 e. The van der Waals surface area contributed by atoms with Crippen LogP contribution in [0.1, 0.15) is 36.8 Å². The molecular weight excluding hydrogens is 358 g/mol. The molecule has 1 saturated heterocycles. The fourth-order valence-corrected chi connectivity index (χ4v) is 4.06. The summed E-state index contributed by atoms with van der Waals surface area (Å²) in [5.74, 6) is 0.845. The van der Waals surface area contributed by atoms with Crippen LogP contribution in [-0.2, 0) is 4.79 Å². The SMILES string of the molecule is CC1CCCN(c2ccc(NC(=O)C(c3ccccc3)c3ccccc3)nc2)C1. The van der Waals surface area contributed by atoms with Gasteiger partial charge in [0.05, 0.1) is 17.8 Å². The van der Waals surface area contributed by atoms with Crippen molar-refractivity contribution in [1.82, 2.24) is 4.98 Å². The molecule has 4 nitrogen and oxygen atoms in total. The maximum absolute atomic E-state index is 13.2. The van der Waals surface area contributed by atoms with Crippen molar-refractivity contribution < 1.29 is 4.79 Å². The third-order valence-electron chi connectivity index (χ3n) is 5.55. The second-order valence-corrected chi connectivity index (χ2v) is 7.84. The number of aromatic nitrogens is 1. The summed E-state index contributed by atoms with van der Waals surface area (Å²) in [6.07, 6.45) is 4.38. The Morgan fingerprint density at radius 2 is 1.66 bits per heavy atom. The lowest BCUT2D eigenvalue weighted by atomic mass is 9.90. The number of pyridine rings is 1. The molecule has 1 fully saturated rings. The van der Waals surface area contributed by atoms with Crippen molar-refractivity contribution in [2.45, 2.75) is 25.7 Å². The standard InChI is InChI=1S/C25H27N3O/c1-19-9-8-16-28(18-19)22-14-15-23(26-17-22)27-25(29)24(20-10-4-2-5-11-20)21-12-6-3-7-13-21/h2-7,10-15,17,19,24H,8-9,16,18H2,1H3,(H,26,27,29).